The van der Waals surface area contributed by atoms with Gasteiger partial charge in [0.1, 0.15) is 33.0 Å². The van der Waals surface area contributed by atoms with E-state index in [0.29, 0.717) is 17.0 Å². The number of aliphatic imine (C=N–C) groups is 1. The minimum Gasteiger partial charge on any atom is -0.495 e. The van der Waals surface area contributed by atoms with Gasteiger partial charge < -0.3 is 19.5 Å². The Morgan fingerprint density at radius 1 is 1.12 bits per heavy atom. The fourth-order valence-corrected chi connectivity index (χ4v) is 6.67. The van der Waals surface area contributed by atoms with Gasteiger partial charge in [-0.25, -0.2) is 14.6 Å². The largest absolute Gasteiger partial charge is 0.495 e. The van der Waals surface area contributed by atoms with E-state index in [9.17, 15) is 19.7 Å². The number of carbonyl (C=O) groups excluding carboxylic acids is 2. The first-order valence-corrected chi connectivity index (χ1v) is 16.8. The zero-order valence-electron chi connectivity index (χ0n) is 28.8. The average Bonchev–Trinajstić information content (AvgIpc) is 3.04. The summed E-state index contributed by atoms with van der Waals surface area (Å²) in [6.45, 7) is 9.19. The van der Waals surface area contributed by atoms with E-state index in [0.717, 1.165) is 25.7 Å². The summed E-state index contributed by atoms with van der Waals surface area (Å²) in [4.78, 5) is 46.1. The predicted molar refractivity (Wildman–Crippen MR) is 190 cm³/mol. The molecule has 2 fully saturated rings. The van der Waals surface area contributed by atoms with E-state index in [4.69, 9.17) is 42.4 Å². The Morgan fingerprint density at radius 2 is 1.76 bits per heavy atom. The molecule has 1 aliphatic heterocycles. The average molecular weight is 720 g/mol. The van der Waals surface area contributed by atoms with Gasteiger partial charge in [0.15, 0.2) is 0 Å². The molecule has 266 valence electrons. The van der Waals surface area contributed by atoms with Crippen LogP contribution < -0.4 is 25.0 Å². The predicted octanol–water partition coefficient (Wildman–Crippen LogP) is 7.48. The maximum absolute atomic E-state index is 14.5. The molecular formula is C34H44Cl2N6O7. The number of urea groups is 1. The van der Waals surface area contributed by atoms with Gasteiger partial charge in [0.2, 0.25) is 0 Å². The number of hydrogen-bond donors (Lipinski definition) is 2. The molecule has 1 saturated heterocycles. The smallest absolute Gasteiger partial charge is 0.407 e. The number of halogens is 2. The van der Waals surface area contributed by atoms with Crippen LogP contribution >= 0.6 is 23.2 Å². The SMILES string of the molecule is C/C=C1/CN(c2c(Cl)c(OC)cc(OC)c2Cl)C(=O)N(Cc2cccc([N+](=O)[O-])c2)/C1=N/C(C)NC1CCCCC1NC(=O)OC(C)(C)C. The summed E-state index contributed by atoms with van der Waals surface area (Å²) in [5.41, 5.74) is 0.653. The summed E-state index contributed by atoms with van der Waals surface area (Å²) in [6, 6.07) is 6.84. The molecule has 0 radical (unpaired) electrons. The Kier molecular flexibility index (Phi) is 12.4. The molecule has 1 aliphatic carbocycles. The summed E-state index contributed by atoms with van der Waals surface area (Å²) in [7, 11) is 2.89. The summed E-state index contributed by atoms with van der Waals surface area (Å²) in [6.07, 6.45) is 4.40. The highest BCUT2D eigenvalue weighted by molar-refractivity contribution is 6.42. The number of hydrogen-bond acceptors (Lipinski definition) is 9. The van der Waals surface area contributed by atoms with E-state index in [2.05, 4.69) is 10.6 Å². The first-order valence-electron chi connectivity index (χ1n) is 16.1. The molecule has 2 aromatic carbocycles. The van der Waals surface area contributed by atoms with Crippen molar-refractivity contribution in [2.24, 2.45) is 4.99 Å². The molecular weight excluding hydrogens is 675 g/mol. The van der Waals surface area contributed by atoms with Crippen molar-refractivity contribution in [1.82, 2.24) is 15.5 Å². The normalized spacial score (nSPS) is 20.7. The number of nitro groups is 1. The van der Waals surface area contributed by atoms with E-state index < -0.39 is 28.8 Å². The number of allylic oxidation sites excluding steroid dienone is 1. The Balaban J connectivity index is 1.73. The van der Waals surface area contributed by atoms with Crippen LogP contribution in [0.25, 0.3) is 0 Å². The number of methoxy groups -OCH3 is 2. The fourth-order valence-electron chi connectivity index (χ4n) is 5.96. The van der Waals surface area contributed by atoms with Gasteiger partial charge in [-0.05, 0) is 53.0 Å². The van der Waals surface area contributed by atoms with Crippen LogP contribution in [0.3, 0.4) is 0 Å². The third-order valence-electron chi connectivity index (χ3n) is 8.20. The van der Waals surface area contributed by atoms with Crippen molar-refractivity contribution >= 4 is 52.5 Å². The van der Waals surface area contributed by atoms with Crippen LogP contribution in [0.1, 0.15) is 65.9 Å². The third-order valence-corrected chi connectivity index (χ3v) is 8.93. The highest BCUT2D eigenvalue weighted by atomic mass is 35.5. The second-order valence-corrected chi connectivity index (χ2v) is 13.6. The lowest BCUT2D eigenvalue weighted by atomic mass is 9.90. The Labute approximate surface area is 296 Å². The standard InChI is InChI=1S/C34H44Cl2N6O7/c1-8-22-19-40(30-28(35)26(47-6)17-27(48-7)29(30)36)33(44)41(18-21-12-11-13-23(16-21)42(45)46)31(22)38-20(2)37-24-14-9-10-15-25(24)39-32(43)49-34(3,4)5/h8,11-13,16-17,20,24-25,37H,9-10,14-15,18-19H2,1-7H3,(H,39,43)/b22-8-,38-31+. The van der Waals surface area contributed by atoms with Gasteiger partial charge in [0.25, 0.3) is 5.69 Å². The maximum atomic E-state index is 14.5. The van der Waals surface area contributed by atoms with Gasteiger partial charge in [-0.1, -0.05) is 54.3 Å². The zero-order valence-corrected chi connectivity index (χ0v) is 30.4. The van der Waals surface area contributed by atoms with Gasteiger partial charge in [-0.2, -0.15) is 0 Å². The Hall–Kier alpha value is -4.07. The van der Waals surface area contributed by atoms with Crippen molar-refractivity contribution in [3.63, 3.8) is 0 Å². The number of amidine groups is 1. The number of non-ortho nitro benzene ring substituents is 1. The summed E-state index contributed by atoms with van der Waals surface area (Å²) >= 11 is 13.5. The number of alkyl carbamates (subject to hydrolysis) is 1. The van der Waals surface area contributed by atoms with E-state index >= 15 is 0 Å². The van der Waals surface area contributed by atoms with Gasteiger partial charge in [-0.15, -0.1) is 0 Å². The lowest BCUT2D eigenvalue weighted by Crippen LogP contribution is -2.56. The van der Waals surface area contributed by atoms with Crippen molar-refractivity contribution in [2.75, 3.05) is 25.7 Å². The van der Waals surface area contributed by atoms with Gasteiger partial charge in [0.05, 0.1) is 44.1 Å². The molecule has 3 unspecified atom stereocenters. The molecule has 2 N–H and O–H groups in total. The number of carbonyl (C=O) groups is 2. The third kappa shape index (κ3) is 9.14. The molecule has 0 bridgehead atoms. The van der Waals surface area contributed by atoms with E-state index in [1.807, 2.05) is 40.7 Å². The Bertz CT molecular complexity index is 1600. The molecule has 1 saturated carbocycles. The summed E-state index contributed by atoms with van der Waals surface area (Å²) in [5.74, 6) is 0.902. The molecule has 4 rings (SSSR count). The molecule has 0 aromatic heterocycles. The number of amides is 3. The topological polar surface area (TPSA) is 148 Å². The number of benzene rings is 2. The molecule has 3 atom stereocenters. The van der Waals surface area contributed by atoms with Crippen molar-refractivity contribution in [3.8, 4) is 11.5 Å². The number of ether oxygens (including phenoxy) is 3. The number of nitro benzene ring substituents is 1. The Morgan fingerprint density at radius 3 is 2.33 bits per heavy atom. The van der Waals surface area contributed by atoms with Crippen LogP contribution in [0, 0.1) is 10.1 Å². The first kappa shape index (κ1) is 37.7. The zero-order chi connectivity index (χ0) is 36.0. The number of nitrogens with one attached hydrogen (secondary N) is 2. The van der Waals surface area contributed by atoms with Crippen LogP contribution in [-0.4, -0.2) is 72.4 Å². The first-order chi connectivity index (χ1) is 23.2. The maximum Gasteiger partial charge on any atom is 0.407 e. The molecule has 3 amide bonds. The van der Waals surface area contributed by atoms with Crippen LogP contribution in [0.5, 0.6) is 11.5 Å². The molecule has 2 aromatic rings. The van der Waals surface area contributed by atoms with Gasteiger partial charge in [0, 0.05) is 35.9 Å². The number of anilines is 1. The van der Waals surface area contributed by atoms with Crippen molar-refractivity contribution in [3.05, 3.63) is 67.7 Å². The van der Waals surface area contributed by atoms with Crippen molar-refractivity contribution in [2.45, 2.75) is 90.7 Å². The second-order valence-electron chi connectivity index (χ2n) is 12.9. The minimum absolute atomic E-state index is 0.0392. The summed E-state index contributed by atoms with van der Waals surface area (Å²) in [5, 5.41) is 18.4. The fraction of sp³-hybridized carbons (Fsp3) is 0.500. The van der Waals surface area contributed by atoms with Gasteiger partial charge >= 0.3 is 12.1 Å². The van der Waals surface area contributed by atoms with E-state index in [1.54, 1.807) is 12.1 Å². The van der Waals surface area contributed by atoms with Crippen molar-refractivity contribution < 1.29 is 28.7 Å². The molecule has 0 spiro atoms. The lowest BCUT2D eigenvalue weighted by Gasteiger charge is -2.40. The molecule has 49 heavy (non-hydrogen) atoms. The van der Waals surface area contributed by atoms with E-state index in [1.165, 1.54) is 42.2 Å². The van der Waals surface area contributed by atoms with Crippen LogP contribution in [0.4, 0.5) is 21.0 Å². The number of nitrogens with zero attached hydrogens (tertiary/aromatic N) is 4. The van der Waals surface area contributed by atoms with Gasteiger partial charge in [-0.3, -0.25) is 25.2 Å². The van der Waals surface area contributed by atoms with E-state index in [-0.39, 0.29) is 58.1 Å². The highest BCUT2D eigenvalue weighted by Gasteiger charge is 2.38. The molecule has 1 heterocycles. The van der Waals surface area contributed by atoms with Crippen LogP contribution in [0.2, 0.25) is 10.0 Å². The number of rotatable bonds is 10. The lowest BCUT2D eigenvalue weighted by molar-refractivity contribution is -0.384. The van der Waals surface area contributed by atoms with Crippen LogP contribution in [-0.2, 0) is 11.3 Å². The van der Waals surface area contributed by atoms with Crippen molar-refractivity contribution in [1.29, 1.82) is 0 Å². The summed E-state index contributed by atoms with van der Waals surface area (Å²) < 4.78 is 16.4. The monoisotopic (exact) mass is 718 g/mol. The second kappa shape index (κ2) is 16.1. The minimum atomic E-state index is -0.627. The molecule has 13 nitrogen and oxygen atoms in total. The highest BCUT2D eigenvalue weighted by Crippen LogP contribution is 2.47. The molecule has 15 heteroatoms. The molecule has 2 aliphatic rings. The van der Waals surface area contributed by atoms with Crippen LogP contribution in [0.15, 0.2) is 47.0 Å². The quantitative estimate of drug-likeness (QED) is 0.190.